The minimum absolute atomic E-state index is 0.358. The molecule has 1 rings (SSSR count). The van der Waals surface area contributed by atoms with E-state index in [4.69, 9.17) is 0 Å². The van der Waals surface area contributed by atoms with Gasteiger partial charge < -0.3 is 5.11 Å². The molecule has 0 aliphatic heterocycles. The molecule has 0 fully saturated rings. The molecule has 1 nitrogen and oxygen atoms in total. The molecular weight excluding hydrogens is 148 g/mol. The lowest BCUT2D eigenvalue weighted by atomic mass is 9.95. The van der Waals surface area contributed by atoms with Crippen molar-refractivity contribution in [2.24, 2.45) is 0 Å². The summed E-state index contributed by atoms with van der Waals surface area (Å²) in [5.74, 6) is 0.482. The minimum atomic E-state index is -0.358. The normalized spacial score (nSPS) is 13.4. The molecule has 1 heteroatoms. The average molecular weight is 164 g/mol. The standard InChI is InChI=1S/C11H16O/c1-8(2)10-6-4-5-7-11(10)9(3)12/h4-9,12H,1-3H3. The largest absolute Gasteiger partial charge is 0.389 e. The topological polar surface area (TPSA) is 20.2 Å². The highest BCUT2D eigenvalue weighted by molar-refractivity contribution is 5.30. The fraction of sp³-hybridized carbons (Fsp3) is 0.455. The monoisotopic (exact) mass is 164 g/mol. The molecular formula is C11H16O. The Balaban J connectivity index is 3.09. The summed E-state index contributed by atoms with van der Waals surface area (Å²) < 4.78 is 0. The third kappa shape index (κ3) is 1.86. The second kappa shape index (κ2) is 3.72. The highest BCUT2D eigenvalue weighted by Crippen LogP contribution is 2.23. The molecule has 1 aromatic rings. The predicted octanol–water partition coefficient (Wildman–Crippen LogP) is 2.86. The van der Waals surface area contributed by atoms with Gasteiger partial charge in [0.2, 0.25) is 0 Å². The number of aliphatic hydroxyl groups excluding tert-OH is 1. The lowest BCUT2D eigenvalue weighted by Crippen LogP contribution is -1.99. The van der Waals surface area contributed by atoms with Crippen LogP contribution in [0.2, 0.25) is 0 Å². The third-order valence-corrected chi connectivity index (χ3v) is 2.07. The van der Waals surface area contributed by atoms with Crippen LogP contribution < -0.4 is 0 Å². The molecule has 66 valence electrons. The number of hydrogen-bond donors (Lipinski definition) is 1. The molecule has 1 aromatic carbocycles. The zero-order chi connectivity index (χ0) is 9.14. The molecule has 0 saturated heterocycles. The van der Waals surface area contributed by atoms with Gasteiger partial charge in [0.25, 0.3) is 0 Å². The first-order valence-electron chi connectivity index (χ1n) is 4.39. The molecule has 0 aliphatic rings. The van der Waals surface area contributed by atoms with Gasteiger partial charge in [-0.05, 0) is 24.0 Å². The van der Waals surface area contributed by atoms with Gasteiger partial charge in [-0.25, -0.2) is 0 Å². The molecule has 0 bridgehead atoms. The van der Waals surface area contributed by atoms with Crippen molar-refractivity contribution in [3.63, 3.8) is 0 Å². The maximum Gasteiger partial charge on any atom is 0.0764 e. The second-order valence-electron chi connectivity index (χ2n) is 3.46. The Morgan fingerprint density at radius 3 is 1.83 bits per heavy atom. The van der Waals surface area contributed by atoms with E-state index in [2.05, 4.69) is 19.9 Å². The zero-order valence-corrected chi connectivity index (χ0v) is 7.91. The van der Waals surface area contributed by atoms with Gasteiger partial charge in [-0.2, -0.15) is 0 Å². The Hall–Kier alpha value is -0.820. The lowest BCUT2D eigenvalue weighted by Gasteiger charge is -2.14. The summed E-state index contributed by atoms with van der Waals surface area (Å²) in [6.45, 7) is 6.09. The van der Waals surface area contributed by atoms with Crippen LogP contribution >= 0.6 is 0 Å². The van der Waals surface area contributed by atoms with Gasteiger partial charge in [0.05, 0.1) is 6.10 Å². The average Bonchev–Trinajstić information content (AvgIpc) is 2.04. The molecule has 0 saturated carbocycles. The molecule has 0 spiro atoms. The molecule has 0 radical (unpaired) electrons. The molecule has 1 unspecified atom stereocenters. The highest BCUT2D eigenvalue weighted by Gasteiger charge is 2.08. The number of aliphatic hydroxyl groups is 1. The van der Waals surface area contributed by atoms with E-state index in [1.807, 2.05) is 18.2 Å². The van der Waals surface area contributed by atoms with Gasteiger partial charge in [0.1, 0.15) is 0 Å². The van der Waals surface area contributed by atoms with Gasteiger partial charge in [0.15, 0.2) is 0 Å². The van der Waals surface area contributed by atoms with E-state index < -0.39 is 0 Å². The first-order valence-corrected chi connectivity index (χ1v) is 4.39. The van der Waals surface area contributed by atoms with Gasteiger partial charge >= 0.3 is 0 Å². The third-order valence-electron chi connectivity index (χ3n) is 2.07. The molecule has 1 N–H and O–H groups in total. The van der Waals surface area contributed by atoms with Crippen LogP contribution in [0.4, 0.5) is 0 Å². The fourth-order valence-corrected chi connectivity index (χ4v) is 1.42. The summed E-state index contributed by atoms with van der Waals surface area (Å²) in [6, 6.07) is 8.04. The van der Waals surface area contributed by atoms with Crippen LogP contribution in [-0.4, -0.2) is 5.11 Å². The van der Waals surface area contributed by atoms with Crippen LogP contribution in [0.5, 0.6) is 0 Å². The van der Waals surface area contributed by atoms with E-state index in [-0.39, 0.29) is 6.10 Å². The molecule has 12 heavy (non-hydrogen) atoms. The zero-order valence-electron chi connectivity index (χ0n) is 7.91. The van der Waals surface area contributed by atoms with Crippen LogP contribution in [0.25, 0.3) is 0 Å². The van der Waals surface area contributed by atoms with Crippen molar-refractivity contribution in [2.45, 2.75) is 32.8 Å². The van der Waals surface area contributed by atoms with Gasteiger partial charge in [-0.15, -0.1) is 0 Å². The maximum atomic E-state index is 9.45. The van der Waals surface area contributed by atoms with Gasteiger partial charge in [-0.1, -0.05) is 38.1 Å². The maximum absolute atomic E-state index is 9.45. The smallest absolute Gasteiger partial charge is 0.0764 e. The number of benzene rings is 1. The summed E-state index contributed by atoms with van der Waals surface area (Å²) in [7, 11) is 0. The molecule has 0 aromatic heterocycles. The summed E-state index contributed by atoms with van der Waals surface area (Å²) in [5.41, 5.74) is 2.29. The highest BCUT2D eigenvalue weighted by atomic mass is 16.3. The van der Waals surface area contributed by atoms with Crippen molar-refractivity contribution in [3.8, 4) is 0 Å². The van der Waals surface area contributed by atoms with Crippen molar-refractivity contribution in [2.75, 3.05) is 0 Å². The Morgan fingerprint density at radius 2 is 1.50 bits per heavy atom. The fourth-order valence-electron chi connectivity index (χ4n) is 1.42. The number of hydrogen-bond acceptors (Lipinski definition) is 1. The van der Waals surface area contributed by atoms with E-state index in [0.717, 1.165) is 5.56 Å². The van der Waals surface area contributed by atoms with E-state index in [1.165, 1.54) is 5.56 Å². The Morgan fingerprint density at radius 1 is 1.00 bits per heavy atom. The quantitative estimate of drug-likeness (QED) is 0.712. The Labute approximate surface area is 74.1 Å². The van der Waals surface area contributed by atoms with Crippen LogP contribution in [-0.2, 0) is 0 Å². The van der Waals surface area contributed by atoms with Crippen LogP contribution in [0.3, 0.4) is 0 Å². The van der Waals surface area contributed by atoms with Crippen LogP contribution in [0.1, 0.15) is 43.9 Å². The molecule has 0 amide bonds. The minimum Gasteiger partial charge on any atom is -0.389 e. The first kappa shape index (κ1) is 9.27. The van der Waals surface area contributed by atoms with Crippen molar-refractivity contribution in [1.29, 1.82) is 0 Å². The van der Waals surface area contributed by atoms with E-state index >= 15 is 0 Å². The van der Waals surface area contributed by atoms with Crippen molar-refractivity contribution >= 4 is 0 Å². The lowest BCUT2D eigenvalue weighted by molar-refractivity contribution is 0.198. The van der Waals surface area contributed by atoms with Gasteiger partial charge in [0, 0.05) is 0 Å². The molecule has 1 atom stereocenters. The summed E-state index contributed by atoms with van der Waals surface area (Å²) in [5, 5.41) is 9.45. The number of rotatable bonds is 2. The van der Waals surface area contributed by atoms with Crippen molar-refractivity contribution < 1.29 is 5.11 Å². The van der Waals surface area contributed by atoms with E-state index in [9.17, 15) is 5.11 Å². The van der Waals surface area contributed by atoms with Crippen LogP contribution in [0, 0.1) is 0 Å². The van der Waals surface area contributed by atoms with Crippen molar-refractivity contribution in [3.05, 3.63) is 35.4 Å². The predicted molar refractivity (Wildman–Crippen MR) is 51.2 cm³/mol. The van der Waals surface area contributed by atoms with Crippen molar-refractivity contribution in [1.82, 2.24) is 0 Å². The van der Waals surface area contributed by atoms with E-state index in [1.54, 1.807) is 6.92 Å². The SMILES string of the molecule is CC(C)c1ccccc1C(C)O. The summed E-state index contributed by atoms with van der Waals surface area (Å²) >= 11 is 0. The van der Waals surface area contributed by atoms with E-state index in [0.29, 0.717) is 5.92 Å². The van der Waals surface area contributed by atoms with Crippen LogP contribution in [0.15, 0.2) is 24.3 Å². The first-order chi connectivity index (χ1) is 5.63. The Bertz CT molecular complexity index is 224. The Kier molecular flexibility index (Phi) is 2.88. The molecule has 0 aliphatic carbocycles. The summed E-state index contributed by atoms with van der Waals surface area (Å²) in [6.07, 6.45) is -0.358. The second-order valence-corrected chi connectivity index (χ2v) is 3.46. The molecule has 0 heterocycles. The van der Waals surface area contributed by atoms with Gasteiger partial charge in [-0.3, -0.25) is 0 Å². The summed E-state index contributed by atoms with van der Waals surface area (Å²) in [4.78, 5) is 0.